The van der Waals surface area contributed by atoms with Gasteiger partial charge in [0.25, 0.3) is 0 Å². The zero-order valence-corrected chi connectivity index (χ0v) is 14.3. The molecule has 0 radical (unpaired) electrons. The molecular weight excluding hydrogens is 262 g/mol. The minimum absolute atomic E-state index is 0.279. The summed E-state index contributed by atoms with van der Waals surface area (Å²) in [6.45, 7) is 13.7. The number of nitrogens with two attached hydrogens (primary N) is 1. The Kier molecular flexibility index (Phi) is 5.31. The zero-order valence-electron chi connectivity index (χ0n) is 14.3. The standard InChI is InChI=1S/C17H33N3O/c1-13-9-14(2)11-19(10-13)12-17(3,4)16(21)20-7-5-15(18)6-8-20/h13-15H,5-12,18H2,1-4H3. The summed E-state index contributed by atoms with van der Waals surface area (Å²) in [6.07, 6.45) is 3.20. The molecule has 2 saturated heterocycles. The Hall–Kier alpha value is -0.610. The fourth-order valence-electron chi connectivity index (χ4n) is 4.08. The number of piperidine rings is 2. The Morgan fingerprint density at radius 3 is 2.19 bits per heavy atom. The van der Waals surface area contributed by atoms with Crippen molar-refractivity contribution < 1.29 is 4.79 Å². The molecule has 0 aromatic rings. The van der Waals surface area contributed by atoms with Crippen LogP contribution in [0.15, 0.2) is 0 Å². The van der Waals surface area contributed by atoms with Gasteiger partial charge in [-0.15, -0.1) is 0 Å². The van der Waals surface area contributed by atoms with Crippen molar-refractivity contribution in [1.82, 2.24) is 9.80 Å². The lowest BCUT2D eigenvalue weighted by atomic mass is 9.86. The number of carbonyl (C=O) groups is 1. The third kappa shape index (κ3) is 4.43. The van der Waals surface area contributed by atoms with Crippen LogP contribution in [0, 0.1) is 17.3 Å². The summed E-state index contributed by atoms with van der Waals surface area (Å²) >= 11 is 0. The Bertz CT molecular complexity index is 351. The van der Waals surface area contributed by atoms with E-state index in [0.717, 1.165) is 57.4 Å². The van der Waals surface area contributed by atoms with Gasteiger partial charge in [-0.05, 0) is 44.9 Å². The van der Waals surface area contributed by atoms with Crippen LogP contribution < -0.4 is 5.73 Å². The van der Waals surface area contributed by atoms with Gasteiger partial charge in [0.05, 0.1) is 5.41 Å². The number of amides is 1. The van der Waals surface area contributed by atoms with E-state index in [9.17, 15) is 4.79 Å². The molecule has 2 aliphatic heterocycles. The van der Waals surface area contributed by atoms with Crippen LogP contribution >= 0.6 is 0 Å². The van der Waals surface area contributed by atoms with Gasteiger partial charge in [-0.3, -0.25) is 4.79 Å². The average molecular weight is 295 g/mol. The molecule has 0 aliphatic carbocycles. The Morgan fingerprint density at radius 1 is 1.14 bits per heavy atom. The Morgan fingerprint density at radius 2 is 1.67 bits per heavy atom. The number of hydrogen-bond donors (Lipinski definition) is 1. The van der Waals surface area contributed by atoms with E-state index < -0.39 is 0 Å². The third-order valence-electron chi connectivity index (χ3n) is 4.97. The van der Waals surface area contributed by atoms with Gasteiger partial charge in [0.1, 0.15) is 0 Å². The van der Waals surface area contributed by atoms with Crippen molar-refractivity contribution in [1.29, 1.82) is 0 Å². The molecule has 21 heavy (non-hydrogen) atoms. The molecule has 2 aliphatic rings. The maximum absolute atomic E-state index is 12.8. The molecule has 2 N–H and O–H groups in total. The molecule has 0 bridgehead atoms. The molecule has 122 valence electrons. The quantitative estimate of drug-likeness (QED) is 0.865. The highest BCUT2D eigenvalue weighted by Gasteiger charge is 2.36. The topological polar surface area (TPSA) is 49.6 Å². The van der Waals surface area contributed by atoms with Crippen molar-refractivity contribution >= 4 is 5.91 Å². The fourth-order valence-corrected chi connectivity index (χ4v) is 4.08. The number of likely N-dealkylation sites (tertiary alicyclic amines) is 2. The number of nitrogens with zero attached hydrogens (tertiary/aromatic N) is 2. The highest BCUT2D eigenvalue weighted by molar-refractivity contribution is 5.82. The molecule has 2 atom stereocenters. The summed E-state index contributed by atoms with van der Waals surface area (Å²) in [7, 11) is 0. The highest BCUT2D eigenvalue weighted by Crippen LogP contribution is 2.27. The van der Waals surface area contributed by atoms with Crippen LogP contribution in [0.2, 0.25) is 0 Å². The molecule has 0 aromatic carbocycles. The predicted molar refractivity (Wildman–Crippen MR) is 87.0 cm³/mol. The van der Waals surface area contributed by atoms with E-state index >= 15 is 0 Å². The molecule has 0 spiro atoms. The monoisotopic (exact) mass is 295 g/mol. The lowest BCUT2D eigenvalue weighted by molar-refractivity contribution is -0.142. The van der Waals surface area contributed by atoms with Crippen LogP contribution in [0.1, 0.15) is 47.0 Å². The maximum atomic E-state index is 12.8. The highest BCUT2D eigenvalue weighted by atomic mass is 16.2. The van der Waals surface area contributed by atoms with Gasteiger partial charge >= 0.3 is 0 Å². The summed E-state index contributed by atoms with van der Waals surface area (Å²) in [5, 5.41) is 0. The molecule has 2 heterocycles. The minimum Gasteiger partial charge on any atom is -0.342 e. The van der Waals surface area contributed by atoms with Crippen LogP contribution in [0.3, 0.4) is 0 Å². The van der Waals surface area contributed by atoms with Gasteiger partial charge in [0.2, 0.25) is 5.91 Å². The minimum atomic E-state index is -0.293. The summed E-state index contributed by atoms with van der Waals surface area (Å²) < 4.78 is 0. The normalized spacial score (nSPS) is 29.7. The second kappa shape index (κ2) is 6.66. The third-order valence-corrected chi connectivity index (χ3v) is 4.97. The van der Waals surface area contributed by atoms with Crippen LogP contribution in [-0.2, 0) is 4.79 Å². The first-order valence-corrected chi connectivity index (χ1v) is 8.55. The zero-order chi connectivity index (χ0) is 15.6. The van der Waals surface area contributed by atoms with Crippen molar-refractivity contribution in [3.63, 3.8) is 0 Å². The second-order valence-corrected chi connectivity index (χ2v) is 8.15. The van der Waals surface area contributed by atoms with Crippen molar-refractivity contribution in [3.05, 3.63) is 0 Å². The lowest BCUT2D eigenvalue weighted by Crippen LogP contribution is -2.52. The van der Waals surface area contributed by atoms with Crippen LogP contribution in [0.25, 0.3) is 0 Å². The Balaban J connectivity index is 1.92. The van der Waals surface area contributed by atoms with Crippen molar-refractivity contribution in [2.24, 2.45) is 23.0 Å². The van der Waals surface area contributed by atoms with Gasteiger partial charge in [0, 0.05) is 38.8 Å². The lowest BCUT2D eigenvalue weighted by Gasteiger charge is -2.41. The van der Waals surface area contributed by atoms with Crippen molar-refractivity contribution in [2.75, 3.05) is 32.7 Å². The first-order chi connectivity index (χ1) is 9.78. The fraction of sp³-hybridized carbons (Fsp3) is 0.941. The van der Waals surface area contributed by atoms with Gasteiger partial charge in [-0.2, -0.15) is 0 Å². The number of hydrogen-bond acceptors (Lipinski definition) is 3. The molecule has 4 heteroatoms. The SMILES string of the molecule is CC1CC(C)CN(CC(C)(C)C(=O)N2CCC(N)CC2)C1. The Labute approximate surface area is 130 Å². The van der Waals surface area contributed by atoms with Gasteiger partial charge < -0.3 is 15.5 Å². The largest absolute Gasteiger partial charge is 0.342 e. The first kappa shape index (κ1) is 16.8. The smallest absolute Gasteiger partial charge is 0.229 e. The van der Waals surface area contributed by atoms with E-state index in [1.54, 1.807) is 0 Å². The summed E-state index contributed by atoms with van der Waals surface area (Å²) in [5.41, 5.74) is 5.65. The van der Waals surface area contributed by atoms with E-state index in [2.05, 4.69) is 32.6 Å². The van der Waals surface area contributed by atoms with Crippen LogP contribution in [0.4, 0.5) is 0 Å². The molecule has 0 saturated carbocycles. The predicted octanol–water partition coefficient (Wildman–Crippen LogP) is 1.94. The van der Waals surface area contributed by atoms with E-state index in [4.69, 9.17) is 5.73 Å². The van der Waals surface area contributed by atoms with E-state index in [1.807, 2.05) is 4.90 Å². The number of carbonyl (C=O) groups excluding carboxylic acids is 1. The van der Waals surface area contributed by atoms with E-state index in [-0.39, 0.29) is 11.5 Å². The molecule has 4 nitrogen and oxygen atoms in total. The first-order valence-electron chi connectivity index (χ1n) is 8.55. The summed E-state index contributed by atoms with van der Waals surface area (Å²) in [4.78, 5) is 17.3. The summed E-state index contributed by atoms with van der Waals surface area (Å²) in [6, 6.07) is 0.279. The van der Waals surface area contributed by atoms with E-state index in [1.165, 1.54) is 6.42 Å². The van der Waals surface area contributed by atoms with Crippen LogP contribution in [-0.4, -0.2) is 54.5 Å². The molecule has 2 unspecified atom stereocenters. The average Bonchev–Trinajstić information content (AvgIpc) is 2.37. The number of rotatable bonds is 3. The molecule has 1 amide bonds. The van der Waals surface area contributed by atoms with Gasteiger partial charge in [-0.1, -0.05) is 13.8 Å². The second-order valence-electron chi connectivity index (χ2n) is 8.15. The molecule has 0 aromatic heterocycles. The van der Waals surface area contributed by atoms with Crippen molar-refractivity contribution in [2.45, 2.75) is 53.0 Å². The van der Waals surface area contributed by atoms with E-state index in [0.29, 0.717) is 5.91 Å². The van der Waals surface area contributed by atoms with Crippen molar-refractivity contribution in [3.8, 4) is 0 Å². The van der Waals surface area contributed by atoms with Crippen LogP contribution in [0.5, 0.6) is 0 Å². The van der Waals surface area contributed by atoms with Gasteiger partial charge in [-0.25, -0.2) is 0 Å². The molecular formula is C17H33N3O. The summed E-state index contributed by atoms with van der Waals surface area (Å²) in [5.74, 6) is 1.79. The molecule has 2 fully saturated rings. The van der Waals surface area contributed by atoms with Gasteiger partial charge in [0.15, 0.2) is 0 Å². The molecule has 2 rings (SSSR count). The maximum Gasteiger partial charge on any atom is 0.229 e.